The maximum absolute atomic E-state index is 6.07. The van der Waals surface area contributed by atoms with Crippen LogP contribution >= 0.6 is 11.6 Å². The van der Waals surface area contributed by atoms with E-state index in [1.165, 1.54) is 16.7 Å². The molecule has 0 aliphatic carbocycles. The van der Waals surface area contributed by atoms with E-state index >= 15 is 0 Å². The minimum atomic E-state index is 0.436. The third-order valence-corrected chi connectivity index (χ3v) is 3.97. The van der Waals surface area contributed by atoms with Crippen LogP contribution in [0.5, 0.6) is 5.75 Å². The lowest BCUT2D eigenvalue weighted by atomic mass is 9.92. The van der Waals surface area contributed by atoms with Gasteiger partial charge in [-0.2, -0.15) is 0 Å². The number of methoxy groups -OCH3 is 1. The van der Waals surface area contributed by atoms with Gasteiger partial charge < -0.3 is 4.74 Å². The molecular formula is C20H27ClO. The fourth-order valence-corrected chi connectivity index (χ4v) is 2.62. The summed E-state index contributed by atoms with van der Waals surface area (Å²) in [6.07, 6.45) is 7.24. The van der Waals surface area contributed by atoms with Crippen LogP contribution in [0.4, 0.5) is 0 Å². The average Bonchev–Trinajstić information content (AvgIpc) is 2.52. The summed E-state index contributed by atoms with van der Waals surface area (Å²) in [6, 6.07) is 4.23. The minimum Gasteiger partial charge on any atom is -0.496 e. The largest absolute Gasteiger partial charge is 0.496 e. The number of ether oxygens (including phenoxy) is 1. The van der Waals surface area contributed by atoms with Crippen LogP contribution in [0, 0.1) is 5.92 Å². The summed E-state index contributed by atoms with van der Waals surface area (Å²) in [5.74, 6) is 1.82. The molecule has 0 amide bonds. The molecule has 0 heterocycles. The molecule has 1 rings (SSSR count). The average molecular weight is 319 g/mol. The van der Waals surface area contributed by atoms with Crippen LogP contribution in [0.2, 0.25) is 0 Å². The predicted octanol–water partition coefficient (Wildman–Crippen LogP) is 6.17. The highest BCUT2D eigenvalue weighted by Gasteiger charge is 2.12. The summed E-state index contributed by atoms with van der Waals surface area (Å²) in [5.41, 5.74) is 5.82. The van der Waals surface area contributed by atoms with Gasteiger partial charge in [0, 0.05) is 5.56 Å². The number of halogens is 1. The Morgan fingerprint density at radius 2 is 2.00 bits per heavy atom. The summed E-state index contributed by atoms with van der Waals surface area (Å²) >= 11 is 6.07. The van der Waals surface area contributed by atoms with Gasteiger partial charge in [0.15, 0.2) is 0 Å². The van der Waals surface area contributed by atoms with Gasteiger partial charge in [0.2, 0.25) is 0 Å². The number of hydrogen-bond donors (Lipinski definition) is 0. The molecule has 0 saturated carbocycles. The van der Waals surface area contributed by atoms with E-state index in [1.54, 1.807) is 7.11 Å². The molecule has 0 aliphatic rings. The molecule has 0 radical (unpaired) electrons. The standard InChI is InChI=1S/C20H27ClO/c1-7-16-12-20(22-6)17(13-21)11-19(16)18(8-2)15(5)10-9-14(3)4/h8-12,14H,2,7,13H2,1,3-6H3/b10-9-,18-15+. The molecule has 0 aromatic heterocycles. The van der Waals surface area contributed by atoms with E-state index in [-0.39, 0.29) is 0 Å². The molecule has 1 aromatic carbocycles. The zero-order valence-corrected chi connectivity index (χ0v) is 15.1. The van der Waals surface area contributed by atoms with Crippen molar-refractivity contribution < 1.29 is 4.74 Å². The third-order valence-electron chi connectivity index (χ3n) is 3.68. The fraction of sp³-hybridized carbons (Fsp3) is 0.400. The van der Waals surface area contributed by atoms with Crippen LogP contribution in [0.1, 0.15) is 44.4 Å². The Hall–Kier alpha value is -1.47. The zero-order valence-electron chi connectivity index (χ0n) is 14.4. The molecule has 0 N–H and O–H groups in total. The molecule has 1 aromatic rings. The van der Waals surface area contributed by atoms with Gasteiger partial charge in [-0.15, -0.1) is 11.6 Å². The molecule has 0 fully saturated rings. The lowest BCUT2D eigenvalue weighted by Crippen LogP contribution is -1.98. The first kappa shape index (κ1) is 18.6. The van der Waals surface area contributed by atoms with Gasteiger partial charge in [-0.3, -0.25) is 0 Å². The van der Waals surface area contributed by atoms with Crippen molar-refractivity contribution >= 4 is 17.2 Å². The van der Waals surface area contributed by atoms with E-state index in [9.17, 15) is 0 Å². The van der Waals surface area contributed by atoms with Crippen molar-refractivity contribution in [2.24, 2.45) is 5.92 Å². The molecular weight excluding hydrogens is 292 g/mol. The minimum absolute atomic E-state index is 0.436. The quantitative estimate of drug-likeness (QED) is 0.431. The first-order valence-corrected chi connectivity index (χ1v) is 8.29. The Bertz CT molecular complexity index is 580. The van der Waals surface area contributed by atoms with E-state index in [4.69, 9.17) is 16.3 Å². The van der Waals surface area contributed by atoms with Crippen molar-refractivity contribution in [1.82, 2.24) is 0 Å². The van der Waals surface area contributed by atoms with Crippen molar-refractivity contribution in [3.8, 4) is 5.75 Å². The highest BCUT2D eigenvalue weighted by atomic mass is 35.5. The number of hydrogen-bond acceptors (Lipinski definition) is 1. The van der Waals surface area contributed by atoms with Gasteiger partial charge in [0.25, 0.3) is 0 Å². The first-order chi connectivity index (χ1) is 10.5. The molecule has 0 bridgehead atoms. The molecule has 0 unspecified atom stereocenters. The summed E-state index contributed by atoms with van der Waals surface area (Å²) in [4.78, 5) is 0. The van der Waals surface area contributed by atoms with Gasteiger partial charge in [-0.1, -0.05) is 45.6 Å². The second-order valence-corrected chi connectivity index (χ2v) is 5.98. The summed E-state index contributed by atoms with van der Waals surface area (Å²) < 4.78 is 5.45. The lowest BCUT2D eigenvalue weighted by molar-refractivity contribution is 0.410. The van der Waals surface area contributed by atoms with Gasteiger partial charge in [-0.25, -0.2) is 0 Å². The summed E-state index contributed by atoms with van der Waals surface area (Å²) in [7, 11) is 1.69. The lowest BCUT2D eigenvalue weighted by Gasteiger charge is -2.16. The van der Waals surface area contributed by atoms with E-state index in [0.29, 0.717) is 11.8 Å². The number of rotatable bonds is 7. The Labute approximate surface area is 140 Å². The van der Waals surface area contributed by atoms with Crippen LogP contribution in [-0.4, -0.2) is 7.11 Å². The molecule has 2 heteroatoms. The second-order valence-electron chi connectivity index (χ2n) is 5.71. The predicted molar refractivity (Wildman–Crippen MR) is 98.7 cm³/mol. The Balaban J connectivity index is 3.49. The van der Waals surface area contributed by atoms with E-state index in [0.717, 1.165) is 23.3 Å². The molecule has 0 atom stereocenters. The molecule has 0 aliphatic heterocycles. The number of alkyl halides is 1. The maximum Gasteiger partial charge on any atom is 0.123 e. The monoisotopic (exact) mass is 318 g/mol. The molecule has 0 saturated heterocycles. The second kappa shape index (κ2) is 8.85. The molecule has 22 heavy (non-hydrogen) atoms. The van der Waals surface area contributed by atoms with Crippen LogP contribution in [0.15, 0.2) is 42.5 Å². The summed E-state index contributed by atoms with van der Waals surface area (Å²) in [5, 5.41) is 0. The van der Waals surface area contributed by atoms with E-state index in [2.05, 4.69) is 58.6 Å². The normalized spacial score (nSPS) is 12.7. The number of allylic oxidation sites excluding steroid dienone is 5. The number of aryl methyl sites for hydroxylation is 1. The maximum atomic E-state index is 6.07. The number of benzene rings is 1. The van der Waals surface area contributed by atoms with Crippen molar-refractivity contribution in [1.29, 1.82) is 0 Å². The highest BCUT2D eigenvalue weighted by molar-refractivity contribution is 6.17. The van der Waals surface area contributed by atoms with Crippen LogP contribution in [0.25, 0.3) is 5.57 Å². The topological polar surface area (TPSA) is 9.23 Å². The van der Waals surface area contributed by atoms with Crippen LogP contribution in [-0.2, 0) is 12.3 Å². The molecule has 0 spiro atoms. The van der Waals surface area contributed by atoms with E-state index < -0.39 is 0 Å². The molecule has 120 valence electrons. The van der Waals surface area contributed by atoms with Crippen molar-refractivity contribution in [2.45, 2.75) is 40.0 Å². The molecule has 1 nitrogen and oxygen atoms in total. The zero-order chi connectivity index (χ0) is 16.7. The van der Waals surface area contributed by atoms with Crippen molar-refractivity contribution in [3.05, 3.63) is 59.2 Å². The van der Waals surface area contributed by atoms with Crippen LogP contribution < -0.4 is 4.74 Å². The van der Waals surface area contributed by atoms with Gasteiger partial charge >= 0.3 is 0 Å². The Kier molecular flexibility index (Phi) is 7.47. The van der Waals surface area contributed by atoms with Crippen LogP contribution in [0.3, 0.4) is 0 Å². The van der Waals surface area contributed by atoms with E-state index in [1.807, 2.05) is 6.08 Å². The third kappa shape index (κ3) is 4.51. The Morgan fingerprint density at radius 3 is 2.45 bits per heavy atom. The van der Waals surface area contributed by atoms with Gasteiger partial charge in [0.1, 0.15) is 5.75 Å². The van der Waals surface area contributed by atoms with Gasteiger partial charge in [-0.05, 0) is 53.7 Å². The fourth-order valence-electron chi connectivity index (χ4n) is 2.41. The SMILES string of the molecule is C=C/C(=C(C)\C=C/C(C)C)c1cc(CCl)c(OC)cc1CC. The summed E-state index contributed by atoms with van der Waals surface area (Å²) in [6.45, 7) is 12.6. The highest BCUT2D eigenvalue weighted by Crippen LogP contribution is 2.32. The van der Waals surface area contributed by atoms with Gasteiger partial charge in [0.05, 0.1) is 13.0 Å². The van der Waals surface area contributed by atoms with Crippen molar-refractivity contribution in [2.75, 3.05) is 7.11 Å². The van der Waals surface area contributed by atoms with Crippen molar-refractivity contribution in [3.63, 3.8) is 0 Å². The first-order valence-electron chi connectivity index (χ1n) is 7.76. The Morgan fingerprint density at radius 1 is 1.32 bits per heavy atom. The smallest absolute Gasteiger partial charge is 0.123 e.